The lowest BCUT2D eigenvalue weighted by Crippen LogP contribution is -2.38. The van der Waals surface area contributed by atoms with Crippen molar-refractivity contribution in [3.63, 3.8) is 0 Å². The van der Waals surface area contributed by atoms with Crippen LogP contribution in [0.5, 0.6) is 0 Å². The fourth-order valence-corrected chi connectivity index (χ4v) is 1.92. The molecule has 1 amide bonds. The molecule has 4 nitrogen and oxygen atoms in total. The summed E-state index contributed by atoms with van der Waals surface area (Å²) < 4.78 is 0. The molecule has 1 atom stereocenters. The number of anilines is 1. The van der Waals surface area contributed by atoms with Crippen LogP contribution in [0.4, 0.5) is 5.82 Å². The van der Waals surface area contributed by atoms with Gasteiger partial charge in [0.2, 0.25) is 0 Å². The quantitative estimate of drug-likeness (QED) is 0.864. The molecule has 0 aliphatic rings. The molecule has 2 N–H and O–H groups in total. The Labute approximate surface area is 113 Å². The number of amides is 1. The number of pyridine rings is 1. The van der Waals surface area contributed by atoms with Crippen LogP contribution >= 0.6 is 11.6 Å². The van der Waals surface area contributed by atoms with Crippen LogP contribution in [0.25, 0.3) is 0 Å². The molecule has 0 aliphatic heterocycles. The zero-order valence-electron chi connectivity index (χ0n) is 11.2. The Balaban J connectivity index is 2.89. The van der Waals surface area contributed by atoms with Gasteiger partial charge >= 0.3 is 0 Å². The molecule has 0 aliphatic carbocycles. The number of carbonyl (C=O) groups excluding carboxylic acids is 1. The lowest BCUT2D eigenvalue weighted by atomic mass is 10.0. The second-order valence-corrected chi connectivity index (χ2v) is 4.94. The van der Waals surface area contributed by atoms with Crippen LogP contribution in [-0.4, -0.2) is 24.0 Å². The summed E-state index contributed by atoms with van der Waals surface area (Å²) >= 11 is 6.00. The second kappa shape index (κ2) is 6.59. The maximum absolute atomic E-state index is 12.2. The van der Waals surface area contributed by atoms with Crippen molar-refractivity contribution in [2.45, 2.75) is 33.2 Å². The third-order valence-electron chi connectivity index (χ3n) is 2.92. The van der Waals surface area contributed by atoms with Gasteiger partial charge in [0.1, 0.15) is 5.82 Å². The van der Waals surface area contributed by atoms with E-state index in [1.807, 2.05) is 0 Å². The third kappa shape index (κ3) is 3.60. The average Bonchev–Trinajstić information content (AvgIpc) is 2.35. The molecule has 0 spiro atoms. The minimum atomic E-state index is -0.153. The number of aromatic nitrogens is 1. The van der Waals surface area contributed by atoms with Gasteiger partial charge in [-0.1, -0.05) is 32.4 Å². The van der Waals surface area contributed by atoms with E-state index in [9.17, 15) is 4.79 Å². The van der Waals surface area contributed by atoms with Crippen molar-refractivity contribution in [3.8, 4) is 0 Å². The van der Waals surface area contributed by atoms with Gasteiger partial charge in [-0.25, -0.2) is 4.98 Å². The first-order chi connectivity index (χ1) is 8.49. The van der Waals surface area contributed by atoms with E-state index in [1.165, 1.54) is 6.20 Å². The van der Waals surface area contributed by atoms with Crippen molar-refractivity contribution in [2.75, 3.05) is 12.4 Å². The minimum absolute atomic E-state index is 0.153. The molecule has 0 radical (unpaired) electrons. The van der Waals surface area contributed by atoms with Gasteiger partial charge in [-0.05, 0) is 18.4 Å². The molecular formula is C13H20ClN3O. The molecule has 1 aromatic rings. The summed E-state index contributed by atoms with van der Waals surface area (Å²) in [7, 11) is 1.75. The molecule has 0 saturated carbocycles. The van der Waals surface area contributed by atoms with Crippen LogP contribution in [0.3, 0.4) is 0 Å². The molecule has 18 heavy (non-hydrogen) atoms. The van der Waals surface area contributed by atoms with Crippen LogP contribution in [0.1, 0.15) is 37.6 Å². The van der Waals surface area contributed by atoms with Crippen LogP contribution in [0.2, 0.25) is 5.02 Å². The molecule has 1 heterocycles. The first kappa shape index (κ1) is 14.8. The van der Waals surface area contributed by atoms with E-state index in [4.69, 9.17) is 11.6 Å². The summed E-state index contributed by atoms with van der Waals surface area (Å²) in [6.45, 7) is 6.22. The standard InChI is InChI=1S/C13H20ClN3O/c1-5-11(8(2)3)17-13(18)9-6-12(15-4)16-7-10(9)14/h6-8,11H,5H2,1-4H3,(H,15,16)(H,17,18). The van der Waals surface area contributed by atoms with E-state index < -0.39 is 0 Å². The van der Waals surface area contributed by atoms with E-state index in [0.717, 1.165) is 6.42 Å². The minimum Gasteiger partial charge on any atom is -0.373 e. The second-order valence-electron chi connectivity index (χ2n) is 4.53. The SMILES string of the molecule is CCC(NC(=O)c1cc(NC)ncc1Cl)C(C)C. The summed E-state index contributed by atoms with van der Waals surface area (Å²) in [5, 5.41) is 6.25. The highest BCUT2D eigenvalue weighted by atomic mass is 35.5. The van der Waals surface area contributed by atoms with Gasteiger partial charge in [0.05, 0.1) is 10.6 Å². The van der Waals surface area contributed by atoms with Crippen molar-refractivity contribution in [2.24, 2.45) is 5.92 Å². The number of hydrogen-bond donors (Lipinski definition) is 2. The van der Waals surface area contributed by atoms with Gasteiger partial charge in [0, 0.05) is 19.3 Å². The van der Waals surface area contributed by atoms with Crippen LogP contribution in [-0.2, 0) is 0 Å². The van der Waals surface area contributed by atoms with Crippen LogP contribution < -0.4 is 10.6 Å². The monoisotopic (exact) mass is 269 g/mol. The molecule has 5 heteroatoms. The summed E-state index contributed by atoms with van der Waals surface area (Å²) in [5.41, 5.74) is 0.454. The highest BCUT2D eigenvalue weighted by Gasteiger charge is 2.17. The first-order valence-corrected chi connectivity index (χ1v) is 6.51. The Bertz CT molecular complexity index is 421. The maximum Gasteiger partial charge on any atom is 0.253 e. The zero-order chi connectivity index (χ0) is 13.7. The highest BCUT2D eigenvalue weighted by Crippen LogP contribution is 2.18. The van der Waals surface area contributed by atoms with Crippen LogP contribution in [0, 0.1) is 5.92 Å². The molecule has 100 valence electrons. The molecule has 0 fully saturated rings. The maximum atomic E-state index is 12.2. The Morgan fingerprint density at radius 1 is 1.50 bits per heavy atom. The van der Waals surface area contributed by atoms with E-state index >= 15 is 0 Å². The summed E-state index contributed by atoms with van der Waals surface area (Å²) in [6.07, 6.45) is 2.38. The van der Waals surface area contributed by atoms with Gasteiger partial charge in [-0.3, -0.25) is 4.79 Å². The number of nitrogens with one attached hydrogen (secondary N) is 2. The number of carbonyl (C=O) groups is 1. The normalized spacial score (nSPS) is 12.3. The largest absolute Gasteiger partial charge is 0.373 e. The molecule has 0 bridgehead atoms. The molecular weight excluding hydrogens is 250 g/mol. The summed E-state index contributed by atoms with van der Waals surface area (Å²) in [5.74, 6) is 0.866. The van der Waals surface area contributed by atoms with Crippen molar-refractivity contribution in [1.29, 1.82) is 0 Å². The van der Waals surface area contributed by atoms with Gasteiger partial charge in [-0.2, -0.15) is 0 Å². The van der Waals surface area contributed by atoms with Gasteiger partial charge in [-0.15, -0.1) is 0 Å². The lowest BCUT2D eigenvalue weighted by molar-refractivity contribution is 0.0924. The molecule has 1 aromatic heterocycles. The van der Waals surface area contributed by atoms with E-state index in [-0.39, 0.29) is 11.9 Å². The first-order valence-electron chi connectivity index (χ1n) is 6.13. The molecule has 0 aromatic carbocycles. The smallest absolute Gasteiger partial charge is 0.253 e. The predicted molar refractivity (Wildman–Crippen MR) is 75.2 cm³/mol. The number of rotatable bonds is 5. The topological polar surface area (TPSA) is 54.0 Å². The Kier molecular flexibility index (Phi) is 5.41. The lowest BCUT2D eigenvalue weighted by Gasteiger charge is -2.21. The Hall–Kier alpha value is -1.29. The fourth-order valence-electron chi connectivity index (χ4n) is 1.74. The number of nitrogens with zero attached hydrogens (tertiary/aromatic N) is 1. The highest BCUT2D eigenvalue weighted by molar-refractivity contribution is 6.33. The van der Waals surface area contributed by atoms with Crippen molar-refractivity contribution in [3.05, 3.63) is 22.8 Å². The van der Waals surface area contributed by atoms with Gasteiger partial charge in [0.25, 0.3) is 5.91 Å². The third-order valence-corrected chi connectivity index (χ3v) is 3.22. The summed E-state index contributed by atoms with van der Waals surface area (Å²) in [6, 6.07) is 1.81. The number of halogens is 1. The van der Waals surface area contributed by atoms with Crippen LogP contribution in [0.15, 0.2) is 12.3 Å². The predicted octanol–water partition coefficient (Wildman–Crippen LogP) is 2.94. The number of hydrogen-bond acceptors (Lipinski definition) is 3. The fraction of sp³-hybridized carbons (Fsp3) is 0.538. The van der Waals surface area contributed by atoms with Crippen molar-refractivity contribution >= 4 is 23.3 Å². The van der Waals surface area contributed by atoms with Crippen molar-refractivity contribution < 1.29 is 4.79 Å². The average molecular weight is 270 g/mol. The van der Waals surface area contributed by atoms with Gasteiger partial charge < -0.3 is 10.6 Å². The van der Waals surface area contributed by atoms with Gasteiger partial charge in [0.15, 0.2) is 0 Å². The van der Waals surface area contributed by atoms with E-state index in [0.29, 0.717) is 22.3 Å². The molecule has 1 unspecified atom stereocenters. The zero-order valence-corrected chi connectivity index (χ0v) is 12.0. The van der Waals surface area contributed by atoms with E-state index in [2.05, 4.69) is 36.4 Å². The molecule has 0 saturated heterocycles. The van der Waals surface area contributed by atoms with Crippen molar-refractivity contribution in [1.82, 2.24) is 10.3 Å². The van der Waals surface area contributed by atoms with E-state index in [1.54, 1.807) is 13.1 Å². The molecule has 1 rings (SSSR count). The Morgan fingerprint density at radius 3 is 2.67 bits per heavy atom. The summed E-state index contributed by atoms with van der Waals surface area (Å²) in [4.78, 5) is 16.2. The Morgan fingerprint density at radius 2 is 2.17 bits per heavy atom.